The summed E-state index contributed by atoms with van der Waals surface area (Å²) in [6, 6.07) is 15.2. The Labute approximate surface area is 169 Å². The van der Waals surface area contributed by atoms with Crippen molar-refractivity contribution in [3.8, 4) is 0 Å². The number of carbonyl (C=O) groups excluding carboxylic acids is 2. The van der Waals surface area contributed by atoms with Crippen molar-refractivity contribution in [3.63, 3.8) is 0 Å². The van der Waals surface area contributed by atoms with E-state index in [0.717, 1.165) is 6.54 Å². The predicted octanol–water partition coefficient (Wildman–Crippen LogP) is 3.71. The van der Waals surface area contributed by atoms with Crippen molar-refractivity contribution in [2.75, 3.05) is 27.2 Å². The summed E-state index contributed by atoms with van der Waals surface area (Å²) in [6.45, 7) is 1.19. The number of aliphatic hydroxyl groups excluding tert-OH is 1. The monoisotopic (exact) mass is 398 g/mol. The van der Waals surface area contributed by atoms with E-state index in [-0.39, 0.29) is 11.3 Å². The SMILES string of the molecule is CN(C)CCCN1C(=O)C(=O)C(=C(O)c2ccccc2)[C@H]1c1cccc(Cl)c1. The molecular formula is C22H23ClN2O3. The van der Waals surface area contributed by atoms with Gasteiger partial charge in [0.2, 0.25) is 0 Å². The molecule has 1 heterocycles. The van der Waals surface area contributed by atoms with Crippen molar-refractivity contribution < 1.29 is 14.7 Å². The van der Waals surface area contributed by atoms with Crippen molar-refractivity contribution in [1.82, 2.24) is 9.80 Å². The van der Waals surface area contributed by atoms with Gasteiger partial charge in [0.25, 0.3) is 11.7 Å². The second-order valence-electron chi connectivity index (χ2n) is 7.07. The predicted molar refractivity (Wildman–Crippen MR) is 110 cm³/mol. The summed E-state index contributed by atoms with van der Waals surface area (Å²) in [5.41, 5.74) is 1.30. The van der Waals surface area contributed by atoms with Crippen molar-refractivity contribution in [1.29, 1.82) is 0 Å². The molecule has 5 nitrogen and oxygen atoms in total. The van der Waals surface area contributed by atoms with E-state index in [1.807, 2.05) is 31.1 Å². The molecule has 28 heavy (non-hydrogen) atoms. The van der Waals surface area contributed by atoms with Gasteiger partial charge in [-0.05, 0) is 44.8 Å². The smallest absolute Gasteiger partial charge is 0.295 e. The Morgan fingerprint density at radius 2 is 1.82 bits per heavy atom. The molecule has 1 fully saturated rings. The van der Waals surface area contributed by atoms with Crippen LogP contribution < -0.4 is 0 Å². The van der Waals surface area contributed by atoms with Crippen molar-refractivity contribution in [2.24, 2.45) is 0 Å². The second kappa shape index (κ2) is 8.59. The Hall–Kier alpha value is -2.63. The summed E-state index contributed by atoms with van der Waals surface area (Å²) in [5.74, 6) is -1.43. The number of rotatable bonds is 6. The molecule has 146 valence electrons. The van der Waals surface area contributed by atoms with Gasteiger partial charge in [-0.25, -0.2) is 0 Å². The molecule has 1 amide bonds. The number of carbonyl (C=O) groups is 2. The minimum absolute atomic E-state index is 0.100. The first kappa shape index (κ1) is 20.1. The van der Waals surface area contributed by atoms with Crippen molar-refractivity contribution >= 4 is 29.1 Å². The first-order valence-corrected chi connectivity index (χ1v) is 9.52. The van der Waals surface area contributed by atoms with Crippen LogP contribution >= 0.6 is 11.6 Å². The highest BCUT2D eigenvalue weighted by Crippen LogP contribution is 2.39. The quantitative estimate of drug-likeness (QED) is 0.457. The number of ketones is 1. The van der Waals surface area contributed by atoms with Gasteiger partial charge in [-0.1, -0.05) is 54.1 Å². The van der Waals surface area contributed by atoms with E-state index in [9.17, 15) is 14.7 Å². The number of amides is 1. The molecule has 1 saturated heterocycles. The summed E-state index contributed by atoms with van der Waals surface area (Å²) in [4.78, 5) is 29.2. The Morgan fingerprint density at radius 1 is 1.11 bits per heavy atom. The lowest BCUT2D eigenvalue weighted by Crippen LogP contribution is -2.32. The third-order valence-electron chi connectivity index (χ3n) is 4.76. The maximum absolute atomic E-state index is 12.8. The zero-order valence-corrected chi connectivity index (χ0v) is 16.7. The molecule has 1 atom stereocenters. The van der Waals surface area contributed by atoms with Gasteiger partial charge in [-0.15, -0.1) is 0 Å². The third kappa shape index (κ3) is 4.11. The number of benzene rings is 2. The lowest BCUT2D eigenvalue weighted by Gasteiger charge is -2.26. The Balaban J connectivity index is 2.08. The molecular weight excluding hydrogens is 376 g/mol. The molecule has 0 bridgehead atoms. The molecule has 0 unspecified atom stereocenters. The fourth-order valence-electron chi connectivity index (χ4n) is 3.44. The molecule has 1 N–H and O–H groups in total. The van der Waals surface area contributed by atoms with Gasteiger partial charge >= 0.3 is 0 Å². The molecule has 1 aliphatic heterocycles. The van der Waals surface area contributed by atoms with Crippen molar-refractivity contribution in [2.45, 2.75) is 12.5 Å². The number of nitrogens with zero attached hydrogens (tertiary/aromatic N) is 2. The maximum atomic E-state index is 12.8. The Kier molecular flexibility index (Phi) is 6.17. The average molecular weight is 399 g/mol. The van der Waals surface area contributed by atoms with Crippen LogP contribution in [0.4, 0.5) is 0 Å². The standard InChI is InChI=1S/C22H23ClN2O3/c1-24(2)12-7-13-25-19(16-10-6-11-17(23)14-16)18(21(27)22(25)28)20(26)15-8-4-3-5-9-15/h3-6,8-11,14,19,26H,7,12-13H2,1-2H3/t19-/m1/s1. The van der Waals surface area contributed by atoms with Crippen LogP contribution in [-0.4, -0.2) is 53.8 Å². The van der Waals surface area contributed by atoms with Crippen LogP contribution in [0.5, 0.6) is 0 Å². The first-order valence-electron chi connectivity index (χ1n) is 9.14. The van der Waals surface area contributed by atoms with Gasteiger partial charge in [-0.3, -0.25) is 9.59 Å². The highest BCUT2D eigenvalue weighted by Gasteiger charge is 2.45. The molecule has 0 radical (unpaired) electrons. The van der Waals surface area contributed by atoms with Crippen LogP contribution in [0.15, 0.2) is 60.2 Å². The van der Waals surface area contributed by atoms with Gasteiger partial charge in [0.15, 0.2) is 0 Å². The fraction of sp³-hybridized carbons (Fsp3) is 0.273. The van der Waals surface area contributed by atoms with Crippen LogP contribution in [0, 0.1) is 0 Å². The summed E-state index contributed by atoms with van der Waals surface area (Å²) >= 11 is 6.16. The number of hydrogen-bond acceptors (Lipinski definition) is 4. The minimum Gasteiger partial charge on any atom is -0.507 e. The molecule has 6 heteroatoms. The molecule has 0 spiro atoms. The summed E-state index contributed by atoms with van der Waals surface area (Å²) in [6.07, 6.45) is 0.711. The van der Waals surface area contributed by atoms with Gasteiger partial charge in [0.1, 0.15) is 5.76 Å². The lowest BCUT2D eigenvalue weighted by atomic mass is 9.95. The first-order chi connectivity index (χ1) is 13.4. The minimum atomic E-state index is -0.670. The van der Waals surface area contributed by atoms with E-state index >= 15 is 0 Å². The molecule has 1 aliphatic rings. The number of aliphatic hydroxyl groups is 1. The largest absolute Gasteiger partial charge is 0.507 e. The average Bonchev–Trinajstić information content (AvgIpc) is 2.93. The normalized spacial score (nSPS) is 18.9. The van der Waals surface area contributed by atoms with Crippen LogP contribution in [0.2, 0.25) is 5.02 Å². The van der Waals surface area contributed by atoms with E-state index in [1.54, 1.807) is 42.5 Å². The molecule has 3 rings (SSSR count). The molecule has 2 aromatic rings. The van der Waals surface area contributed by atoms with Gasteiger partial charge < -0.3 is 14.9 Å². The summed E-state index contributed by atoms with van der Waals surface area (Å²) in [7, 11) is 3.91. The fourth-order valence-corrected chi connectivity index (χ4v) is 3.64. The van der Waals surface area contributed by atoms with Crippen molar-refractivity contribution in [3.05, 3.63) is 76.3 Å². The van der Waals surface area contributed by atoms with E-state index in [1.165, 1.54) is 4.90 Å². The lowest BCUT2D eigenvalue weighted by molar-refractivity contribution is -0.139. The Bertz CT molecular complexity index is 909. The highest BCUT2D eigenvalue weighted by molar-refractivity contribution is 6.46. The van der Waals surface area contributed by atoms with E-state index < -0.39 is 17.7 Å². The van der Waals surface area contributed by atoms with Crippen LogP contribution in [0.25, 0.3) is 5.76 Å². The number of Topliss-reactive ketones (excluding diaryl/α,β-unsaturated/α-hetero) is 1. The van der Waals surface area contributed by atoms with Crippen LogP contribution in [0.1, 0.15) is 23.6 Å². The van der Waals surface area contributed by atoms with Crippen LogP contribution in [0.3, 0.4) is 0 Å². The Morgan fingerprint density at radius 3 is 2.46 bits per heavy atom. The number of likely N-dealkylation sites (tertiary alicyclic amines) is 1. The second-order valence-corrected chi connectivity index (χ2v) is 7.51. The molecule has 0 aliphatic carbocycles. The summed E-state index contributed by atoms with van der Waals surface area (Å²) in [5, 5.41) is 11.4. The molecule has 0 aromatic heterocycles. The molecule has 2 aromatic carbocycles. The zero-order valence-electron chi connectivity index (χ0n) is 15.9. The van der Waals surface area contributed by atoms with E-state index in [2.05, 4.69) is 0 Å². The zero-order chi connectivity index (χ0) is 20.3. The molecule has 0 saturated carbocycles. The highest BCUT2D eigenvalue weighted by atomic mass is 35.5. The number of halogens is 1. The number of hydrogen-bond donors (Lipinski definition) is 1. The van der Waals surface area contributed by atoms with Gasteiger partial charge in [0, 0.05) is 17.1 Å². The maximum Gasteiger partial charge on any atom is 0.295 e. The summed E-state index contributed by atoms with van der Waals surface area (Å²) < 4.78 is 0. The van der Waals surface area contributed by atoms with Gasteiger partial charge in [0.05, 0.1) is 11.6 Å². The van der Waals surface area contributed by atoms with Crippen LogP contribution in [-0.2, 0) is 9.59 Å². The third-order valence-corrected chi connectivity index (χ3v) is 4.99. The van der Waals surface area contributed by atoms with Gasteiger partial charge in [-0.2, -0.15) is 0 Å². The topological polar surface area (TPSA) is 60.9 Å². The van der Waals surface area contributed by atoms with E-state index in [0.29, 0.717) is 29.1 Å². The van der Waals surface area contributed by atoms with E-state index in [4.69, 9.17) is 11.6 Å².